The molecule has 0 aromatic heterocycles. The fraction of sp³-hybridized carbons (Fsp3) is 0.750. The van der Waals surface area contributed by atoms with Crippen molar-refractivity contribution in [2.45, 2.75) is 19.8 Å². The van der Waals surface area contributed by atoms with E-state index in [1.165, 1.54) is 0 Å². The van der Waals surface area contributed by atoms with Crippen LogP contribution < -0.4 is 5.73 Å². The molecule has 68 valence electrons. The molecule has 4 nitrogen and oxygen atoms in total. The highest BCUT2D eigenvalue weighted by Crippen LogP contribution is 1.93. The Morgan fingerprint density at radius 2 is 2.33 bits per heavy atom. The highest BCUT2D eigenvalue weighted by atomic mass is 16.1. The summed E-state index contributed by atoms with van der Waals surface area (Å²) in [4.78, 5) is 12.4. The quantitative estimate of drug-likeness (QED) is 0.573. The molecule has 0 aliphatic heterocycles. The Hall–Kier alpha value is -1.08. The van der Waals surface area contributed by atoms with Crippen LogP contribution in [0.4, 0.5) is 0 Å². The van der Waals surface area contributed by atoms with E-state index in [9.17, 15) is 4.79 Å². The topological polar surface area (TPSA) is 70.1 Å². The lowest BCUT2D eigenvalue weighted by atomic mass is 10.3. The van der Waals surface area contributed by atoms with Gasteiger partial charge in [-0.15, -0.1) is 0 Å². The third-order valence-electron chi connectivity index (χ3n) is 1.59. The fourth-order valence-corrected chi connectivity index (χ4v) is 0.951. The molecule has 4 heteroatoms. The van der Waals surface area contributed by atoms with E-state index in [-0.39, 0.29) is 5.91 Å². The monoisotopic (exact) mass is 169 g/mol. The van der Waals surface area contributed by atoms with Crippen LogP contribution in [0.5, 0.6) is 0 Å². The molecule has 0 atom stereocenters. The number of primary amides is 1. The van der Waals surface area contributed by atoms with E-state index in [1.807, 2.05) is 11.8 Å². The Labute approximate surface area is 72.9 Å². The van der Waals surface area contributed by atoms with E-state index in [1.54, 1.807) is 0 Å². The van der Waals surface area contributed by atoms with Crippen molar-refractivity contribution >= 4 is 5.91 Å². The van der Waals surface area contributed by atoms with Crippen LogP contribution in [0.15, 0.2) is 0 Å². The van der Waals surface area contributed by atoms with Crippen LogP contribution in [-0.2, 0) is 4.79 Å². The number of hydrogen-bond donors (Lipinski definition) is 1. The molecule has 0 fully saturated rings. The zero-order valence-electron chi connectivity index (χ0n) is 7.42. The summed E-state index contributed by atoms with van der Waals surface area (Å²) in [7, 11) is 0. The number of carbonyl (C=O) groups excluding carboxylic acids is 1. The van der Waals surface area contributed by atoms with Crippen molar-refractivity contribution in [1.82, 2.24) is 4.90 Å². The van der Waals surface area contributed by atoms with E-state index >= 15 is 0 Å². The number of nitrogens with two attached hydrogens (primary N) is 1. The molecule has 0 bridgehead atoms. The molecule has 0 aromatic carbocycles. The maximum absolute atomic E-state index is 10.5. The number of nitriles is 1. The van der Waals surface area contributed by atoms with Crippen molar-refractivity contribution in [2.24, 2.45) is 5.73 Å². The standard InChI is InChI=1S/C8H15N3O/c1-2-11(7-8(10)12)6-4-3-5-9/h2-4,6-7H2,1H3,(H2,10,12). The Balaban J connectivity index is 3.54. The summed E-state index contributed by atoms with van der Waals surface area (Å²) in [6.45, 7) is 3.83. The highest BCUT2D eigenvalue weighted by Gasteiger charge is 2.04. The molecule has 0 saturated heterocycles. The summed E-state index contributed by atoms with van der Waals surface area (Å²) in [5, 5.41) is 8.27. The third kappa shape index (κ3) is 5.69. The van der Waals surface area contributed by atoms with Crippen LogP contribution in [-0.4, -0.2) is 30.4 Å². The zero-order valence-corrected chi connectivity index (χ0v) is 7.42. The minimum absolute atomic E-state index is 0.294. The van der Waals surface area contributed by atoms with E-state index in [0.717, 1.165) is 19.5 Å². The average molecular weight is 169 g/mol. The first-order valence-electron chi connectivity index (χ1n) is 4.08. The van der Waals surface area contributed by atoms with Gasteiger partial charge in [0.1, 0.15) is 0 Å². The normalized spacial score (nSPS) is 9.75. The zero-order chi connectivity index (χ0) is 9.40. The van der Waals surface area contributed by atoms with Gasteiger partial charge >= 0.3 is 0 Å². The third-order valence-corrected chi connectivity index (χ3v) is 1.59. The Kier molecular flexibility index (Phi) is 6.02. The van der Waals surface area contributed by atoms with Gasteiger partial charge in [0.05, 0.1) is 12.6 Å². The first kappa shape index (κ1) is 10.9. The second-order valence-electron chi connectivity index (χ2n) is 2.60. The number of rotatable bonds is 6. The summed E-state index contributed by atoms with van der Waals surface area (Å²) in [6, 6.07) is 2.06. The number of unbranched alkanes of at least 4 members (excludes halogenated alkanes) is 1. The number of amides is 1. The van der Waals surface area contributed by atoms with Gasteiger partial charge in [-0.2, -0.15) is 5.26 Å². The Morgan fingerprint density at radius 1 is 1.67 bits per heavy atom. The maximum atomic E-state index is 10.5. The van der Waals surface area contributed by atoms with Gasteiger partial charge in [-0.3, -0.25) is 9.69 Å². The lowest BCUT2D eigenvalue weighted by Gasteiger charge is -2.16. The van der Waals surface area contributed by atoms with Crippen LogP contribution in [0, 0.1) is 11.3 Å². The number of carbonyl (C=O) groups is 1. The van der Waals surface area contributed by atoms with Crippen molar-refractivity contribution < 1.29 is 4.79 Å². The molecule has 0 rings (SSSR count). The minimum Gasteiger partial charge on any atom is -0.369 e. The second-order valence-corrected chi connectivity index (χ2v) is 2.60. The molecule has 0 saturated carbocycles. The molecule has 0 aliphatic carbocycles. The van der Waals surface area contributed by atoms with E-state index in [4.69, 9.17) is 11.0 Å². The van der Waals surface area contributed by atoms with Gasteiger partial charge in [-0.1, -0.05) is 6.92 Å². The van der Waals surface area contributed by atoms with Gasteiger partial charge in [0.15, 0.2) is 0 Å². The maximum Gasteiger partial charge on any atom is 0.231 e. The van der Waals surface area contributed by atoms with Gasteiger partial charge in [0, 0.05) is 6.42 Å². The molecule has 1 amide bonds. The molecule has 0 aromatic rings. The second kappa shape index (κ2) is 6.62. The van der Waals surface area contributed by atoms with Crippen LogP contribution in [0.2, 0.25) is 0 Å². The Bertz CT molecular complexity index is 174. The molecular formula is C8H15N3O. The molecule has 12 heavy (non-hydrogen) atoms. The first-order chi connectivity index (χ1) is 5.70. The van der Waals surface area contributed by atoms with Crippen molar-refractivity contribution in [3.8, 4) is 6.07 Å². The van der Waals surface area contributed by atoms with Crippen molar-refractivity contribution in [2.75, 3.05) is 19.6 Å². The number of nitrogens with zero attached hydrogens (tertiary/aromatic N) is 2. The average Bonchev–Trinajstić information content (AvgIpc) is 2.02. The predicted molar refractivity (Wildman–Crippen MR) is 46.2 cm³/mol. The smallest absolute Gasteiger partial charge is 0.231 e. The summed E-state index contributed by atoms with van der Waals surface area (Å²) < 4.78 is 0. The first-order valence-corrected chi connectivity index (χ1v) is 4.08. The van der Waals surface area contributed by atoms with Crippen LogP contribution in [0.1, 0.15) is 19.8 Å². The minimum atomic E-state index is -0.311. The van der Waals surface area contributed by atoms with E-state index < -0.39 is 0 Å². The van der Waals surface area contributed by atoms with Gasteiger partial charge in [-0.05, 0) is 19.5 Å². The molecule has 0 unspecified atom stereocenters. The number of likely N-dealkylation sites (N-methyl/N-ethyl adjacent to an activating group) is 1. The lowest BCUT2D eigenvalue weighted by molar-refractivity contribution is -0.119. The summed E-state index contributed by atoms with van der Waals surface area (Å²) in [5.74, 6) is -0.311. The fourth-order valence-electron chi connectivity index (χ4n) is 0.951. The summed E-state index contributed by atoms with van der Waals surface area (Å²) in [5.41, 5.74) is 5.03. The van der Waals surface area contributed by atoms with Gasteiger partial charge in [-0.25, -0.2) is 0 Å². The molecule has 0 aliphatic rings. The van der Waals surface area contributed by atoms with Crippen LogP contribution in [0.3, 0.4) is 0 Å². The SMILES string of the molecule is CCN(CCCC#N)CC(N)=O. The molecular weight excluding hydrogens is 154 g/mol. The highest BCUT2D eigenvalue weighted by molar-refractivity contribution is 5.75. The van der Waals surface area contributed by atoms with E-state index in [0.29, 0.717) is 13.0 Å². The van der Waals surface area contributed by atoms with Crippen molar-refractivity contribution in [3.05, 3.63) is 0 Å². The van der Waals surface area contributed by atoms with Gasteiger partial charge in [0.2, 0.25) is 5.91 Å². The molecule has 0 heterocycles. The molecule has 0 spiro atoms. The number of hydrogen-bond acceptors (Lipinski definition) is 3. The molecule has 0 radical (unpaired) electrons. The van der Waals surface area contributed by atoms with E-state index in [2.05, 4.69) is 6.07 Å². The summed E-state index contributed by atoms with van der Waals surface area (Å²) in [6.07, 6.45) is 1.34. The van der Waals surface area contributed by atoms with Gasteiger partial charge in [0.25, 0.3) is 0 Å². The van der Waals surface area contributed by atoms with Gasteiger partial charge < -0.3 is 5.73 Å². The summed E-state index contributed by atoms with van der Waals surface area (Å²) >= 11 is 0. The largest absolute Gasteiger partial charge is 0.369 e. The molecule has 2 N–H and O–H groups in total. The van der Waals surface area contributed by atoms with Crippen molar-refractivity contribution in [3.63, 3.8) is 0 Å². The Morgan fingerprint density at radius 3 is 2.75 bits per heavy atom. The van der Waals surface area contributed by atoms with Crippen molar-refractivity contribution in [1.29, 1.82) is 5.26 Å². The van der Waals surface area contributed by atoms with Crippen LogP contribution in [0.25, 0.3) is 0 Å². The van der Waals surface area contributed by atoms with Crippen LogP contribution >= 0.6 is 0 Å². The predicted octanol–water partition coefficient (Wildman–Crippen LogP) is 0.0974. The lowest BCUT2D eigenvalue weighted by Crippen LogP contribution is -2.34.